The average molecular weight is 265 g/mol. The number of benzene rings is 1. The summed E-state index contributed by atoms with van der Waals surface area (Å²) in [5.74, 6) is 1.46. The Kier molecular flexibility index (Phi) is 3.52. The van der Waals surface area contributed by atoms with E-state index in [2.05, 4.69) is 10.3 Å². The first-order chi connectivity index (χ1) is 8.83. The van der Waals surface area contributed by atoms with Gasteiger partial charge in [-0.05, 0) is 43.6 Å². The highest BCUT2D eigenvalue weighted by molar-refractivity contribution is 6.30. The predicted octanol–water partition coefficient (Wildman–Crippen LogP) is 2.81. The van der Waals surface area contributed by atoms with Crippen molar-refractivity contribution in [2.45, 2.75) is 18.9 Å². The summed E-state index contributed by atoms with van der Waals surface area (Å²) in [6, 6.07) is 7.85. The summed E-state index contributed by atoms with van der Waals surface area (Å²) in [6.07, 6.45) is 2.34. The Hall–Kier alpha value is -1.06. The van der Waals surface area contributed by atoms with Crippen molar-refractivity contribution < 1.29 is 4.74 Å². The average Bonchev–Trinajstić information content (AvgIpc) is 2.90. The Morgan fingerprint density at radius 1 is 1.17 bits per heavy atom. The van der Waals surface area contributed by atoms with Crippen LogP contribution in [0.5, 0.6) is 0 Å². The van der Waals surface area contributed by atoms with E-state index >= 15 is 0 Å². The number of piperidine rings is 1. The van der Waals surface area contributed by atoms with Crippen LogP contribution in [-0.2, 0) is 4.74 Å². The van der Waals surface area contributed by atoms with Crippen molar-refractivity contribution in [1.29, 1.82) is 0 Å². The van der Waals surface area contributed by atoms with Gasteiger partial charge in [-0.25, -0.2) is 0 Å². The Labute approximate surface area is 112 Å². The van der Waals surface area contributed by atoms with Crippen LogP contribution in [0.25, 0.3) is 0 Å². The maximum atomic E-state index is 6.01. The molecule has 3 rings (SSSR count). The van der Waals surface area contributed by atoms with Crippen LogP contribution in [0.3, 0.4) is 0 Å². The van der Waals surface area contributed by atoms with Gasteiger partial charge >= 0.3 is 0 Å². The lowest BCUT2D eigenvalue weighted by Gasteiger charge is -2.23. The lowest BCUT2D eigenvalue weighted by molar-refractivity contribution is 0.208. The number of nitrogens with zero attached hydrogens (tertiary/aromatic N) is 1. The molecule has 4 heteroatoms. The third-order valence-corrected chi connectivity index (χ3v) is 3.86. The first kappa shape index (κ1) is 12.0. The smallest absolute Gasteiger partial charge is 0.187 e. The van der Waals surface area contributed by atoms with Crippen molar-refractivity contribution >= 4 is 17.5 Å². The Balaban J connectivity index is 1.64. The van der Waals surface area contributed by atoms with Crippen LogP contribution in [0.4, 0.5) is 0 Å². The SMILES string of the molecule is Clc1ccc(C2CN=C(C3CCNCC3)O2)cc1. The fraction of sp³-hybridized carbons (Fsp3) is 0.500. The predicted molar refractivity (Wildman–Crippen MR) is 73.2 cm³/mol. The fourth-order valence-electron chi connectivity index (χ4n) is 2.54. The number of ether oxygens (including phenoxy) is 1. The molecule has 1 atom stereocenters. The van der Waals surface area contributed by atoms with Crippen molar-refractivity contribution in [3.63, 3.8) is 0 Å². The van der Waals surface area contributed by atoms with Gasteiger partial charge in [0.25, 0.3) is 0 Å². The van der Waals surface area contributed by atoms with Gasteiger partial charge in [-0.2, -0.15) is 0 Å². The Morgan fingerprint density at radius 2 is 1.89 bits per heavy atom. The quantitative estimate of drug-likeness (QED) is 0.891. The van der Waals surface area contributed by atoms with E-state index < -0.39 is 0 Å². The minimum absolute atomic E-state index is 0.0761. The van der Waals surface area contributed by atoms with Crippen LogP contribution >= 0.6 is 11.6 Å². The van der Waals surface area contributed by atoms with Crippen LogP contribution < -0.4 is 5.32 Å². The summed E-state index contributed by atoms with van der Waals surface area (Å²) < 4.78 is 6.01. The zero-order chi connectivity index (χ0) is 12.4. The molecule has 96 valence electrons. The molecule has 18 heavy (non-hydrogen) atoms. The van der Waals surface area contributed by atoms with E-state index in [1.807, 2.05) is 24.3 Å². The summed E-state index contributed by atoms with van der Waals surface area (Å²) in [7, 11) is 0. The molecule has 3 nitrogen and oxygen atoms in total. The third-order valence-electron chi connectivity index (χ3n) is 3.61. The molecule has 2 aliphatic heterocycles. The molecule has 0 saturated carbocycles. The van der Waals surface area contributed by atoms with Gasteiger partial charge in [-0.1, -0.05) is 23.7 Å². The molecule has 1 unspecified atom stereocenters. The fourth-order valence-corrected chi connectivity index (χ4v) is 2.66. The van der Waals surface area contributed by atoms with Gasteiger partial charge in [0.05, 0.1) is 6.54 Å². The van der Waals surface area contributed by atoms with Crippen molar-refractivity contribution in [1.82, 2.24) is 5.32 Å². The first-order valence-electron chi connectivity index (χ1n) is 6.50. The van der Waals surface area contributed by atoms with E-state index in [9.17, 15) is 0 Å². The number of aliphatic imine (C=N–C) groups is 1. The second-order valence-corrected chi connectivity index (χ2v) is 5.30. The highest BCUT2D eigenvalue weighted by atomic mass is 35.5. The summed E-state index contributed by atoms with van der Waals surface area (Å²) in [4.78, 5) is 4.57. The molecule has 1 aromatic carbocycles. The lowest BCUT2D eigenvalue weighted by atomic mass is 9.98. The number of halogens is 1. The van der Waals surface area contributed by atoms with E-state index in [0.717, 1.165) is 49.0 Å². The van der Waals surface area contributed by atoms with E-state index in [1.54, 1.807) is 0 Å². The van der Waals surface area contributed by atoms with Crippen LogP contribution in [0, 0.1) is 5.92 Å². The third kappa shape index (κ3) is 2.52. The standard InChI is InChI=1S/C14H17ClN2O/c15-12-3-1-10(2-4-12)13-9-17-14(18-13)11-5-7-16-8-6-11/h1-4,11,13,16H,5-9H2. The Morgan fingerprint density at radius 3 is 2.61 bits per heavy atom. The minimum atomic E-state index is 0.0761. The van der Waals surface area contributed by atoms with E-state index in [4.69, 9.17) is 16.3 Å². The molecule has 0 amide bonds. The van der Waals surface area contributed by atoms with Crippen LogP contribution in [0.2, 0.25) is 5.02 Å². The second kappa shape index (κ2) is 5.29. The van der Waals surface area contributed by atoms with E-state index in [0.29, 0.717) is 5.92 Å². The molecule has 1 fully saturated rings. The number of nitrogens with one attached hydrogen (secondary N) is 1. The molecule has 1 saturated heterocycles. The highest BCUT2D eigenvalue weighted by Gasteiger charge is 2.28. The molecule has 0 aromatic heterocycles. The topological polar surface area (TPSA) is 33.6 Å². The minimum Gasteiger partial charge on any atom is -0.471 e. The van der Waals surface area contributed by atoms with Gasteiger partial charge in [0.2, 0.25) is 0 Å². The van der Waals surface area contributed by atoms with Crippen molar-refractivity contribution in [3.8, 4) is 0 Å². The number of rotatable bonds is 2. The van der Waals surface area contributed by atoms with Gasteiger partial charge in [0, 0.05) is 10.9 Å². The second-order valence-electron chi connectivity index (χ2n) is 4.86. The van der Waals surface area contributed by atoms with Gasteiger partial charge in [-0.15, -0.1) is 0 Å². The van der Waals surface area contributed by atoms with Gasteiger partial charge in [0.15, 0.2) is 5.90 Å². The van der Waals surface area contributed by atoms with Crippen molar-refractivity contribution in [2.24, 2.45) is 10.9 Å². The molecule has 0 aliphatic carbocycles. The number of hydrogen-bond donors (Lipinski definition) is 1. The molecule has 0 bridgehead atoms. The molecule has 0 radical (unpaired) electrons. The summed E-state index contributed by atoms with van der Waals surface area (Å²) >= 11 is 5.89. The first-order valence-corrected chi connectivity index (χ1v) is 6.88. The largest absolute Gasteiger partial charge is 0.471 e. The number of hydrogen-bond acceptors (Lipinski definition) is 3. The molecule has 1 N–H and O–H groups in total. The van der Waals surface area contributed by atoms with Crippen LogP contribution in [0.1, 0.15) is 24.5 Å². The Bertz CT molecular complexity index is 438. The van der Waals surface area contributed by atoms with Gasteiger partial charge in [-0.3, -0.25) is 4.99 Å². The monoisotopic (exact) mass is 264 g/mol. The summed E-state index contributed by atoms with van der Waals surface area (Å²) in [5, 5.41) is 4.12. The van der Waals surface area contributed by atoms with Gasteiger partial charge < -0.3 is 10.1 Å². The zero-order valence-corrected chi connectivity index (χ0v) is 11.0. The lowest BCUT2D eigenvalue weighted by Crippen LogP contribution is -2.32. The van der Waals surface area contributed by atoms with Gasteiger partial charge in [0.1, 0.15) is 6.10 Å². The molecule has 1 aromatic rings. The maximum Gasteiger partial charge on any atom is 0.187 e. The summed E-state index contributed by atoms with van der Waals surface area (Å²) in [6.45, 7) is 2.87. The highest BCUT2D eigenvalue weighted by Crippen LogP contribution is 2.28. The van der Waals surface area contributed by atoms with E-state index in [1.165, 1.54) is 0 Å². The van der Waals surface area contributed by atoms with Crippen molar-refractivity contribution in [3.05, 3.63) is 34.9 Å². The zero-order valence-electron chi connectivity index (χ0n) is 10.2. The maximum absolute atomic E-state index is 6.01. The van der Waals surface area contributed by atoms with Crippen molar-refractivity contribution in [2.75, 3.05) is 19.6 Å². The normalized spacial score (nSPS) is 24.7. The molecule has 2 heterocycles. The summed E-state index contributed by atoms with van der Waals surface area (Å²) in [5.41, 5.74) is 1.16. The molecule has 2 aliphatic rings. The van der Waals surface area contributed by atoms with Crippen LogP contribution in [0.15, 0.2) is 29.3 Å². The molecular weight excluding hydrogens is 248 g/mol. The van der Waals surface area contributed by atoms with E-state index in [-0.39, 0.29) is 6.10 Å². The van der Waals surface area contributed by atoms with Crippen LogP contribution in [-0.4, -0.2) is 25.5 Å². The molecule has 0 spiro atoms. The molecular formula is C14H17ClN2O.